The van der Waals surface area contributed by atoms with E-state index < -0.39 is 11.4 Å². The third kappa shape index (κ3) is 6.27. The Balaban J connectivity index is 1.52. The molecule has 1 aliphatic carbocycles. The first-order chi connectivity index (χ1) is 17.6. The first kappa shape index (κ1) is 27.0. The predicted octanol–water partition coefficient (Wildman–Crippen LogP) is 1.88. The summed E-state index contributed by atoms with van der Waals surface area (Å²) < 4.78 is 19.8. The van der Waals surface area contributed by atoms with E-state index in [9.17, 15) is 9.50 Å². The van der Waals surface area contributed by atoms with Crippen LogP contribution in [-0.2, 0) is 10.3 Å². The SMILES string of the molecule is C[NH+]=CC1CCN(C2C=C(OC)C(Nc3nccc(Nc4cc(Cl)c(F)cc4C(C)(C)O)n3)=CC2N)C1. The summed E-state index contributed by atoms with van der Waals surface area (Å²) in [5.74, 6) is 1.27. The minimum atomic E-state index is -1.31. The number of methoxy groups -OCH3 is 1. The van der Waals surface area contributed by atoms with Gasteiger partial charge in [-0.3, -0.25) is 9.89 Å². The molecule has 1 aliphatic heterocycles. The summed E-state index contributed by atoms with van der Waals surface area (Å²) >= 11 is 6.00. The van der Waals surface area contributed by atoms with Gasteiger partial charge in [-0.05, 0) is 57.2 Å². The molecule has 3 atom stereocenters. The molecule has 1 fully saturated rings. The van der Waals surface area contributed by atoms with E-state index in [1.165, 1.54) is 12.1 Å². The molecule has 0 spiro atoms. The van der Waals surface area contributed by atoms with E-state index in [1.807, 2.05) is 19.2 Å². The fourth-order valence-electron chi connectivity index (χ4n) is 4.72. The quantitative estimate of drug-likeness (QED) is 0.328. The molecule has 9 nitrogen and oxygen atoms in total. The van der Waals surface area contributed by atoms with E-state index >= 15 is 0 Å². The number of aliphatic hydroxyl groups is 1. The Labute approximate surface area is 221 Å². The van der Waals surface area contributed by atoms with Crippen molar-refractivity contribution in [1.29, 1.82) is 0 Å². The molecule has 198 valence electrons. The molecule has 11 heteroatoms. The second-order valence-corrected chi connectivity index (χ2v) is 10.2. The van der Waals surface area contributed by atoms with E-state index in [4.69, 9.17) is 22.1 Å². The summed E-state index contributed by atoms with van der Waals surface area (Å²) in [7, 11) is 3.54. The van der Waals surface area contributed by atoms with Crippen LogP contribution in [0.4, 0.5) is 21.8 Å². The molecule has 1 aromatic heterocycles. The van der Waals surface area contributed by atoms with Crippen molar-refractivity contribution in [2.45, 2.75) is 38.0 Å². The zero-order valence-electron chi connectivity index (χ0n) is 21.4. The minimum Gasteiger partial charge on any atom is -0.495 e. The Morgan fingerprint density at radius 1 is 1.32 bits per heavy atom. The Bertz CT molecular complexity index is 1230. The number of hydrogen-bond acceptors (Lipinski definition) is 8. The molecule has 3 unspecified atom stereocenters. The van der Waals surface area contributed by atoms with Gasteiger partial charge in [0, 0.05) is 36.0 Å². The predicted molar refractivity (Wildman–Crippen MR) is 143 cm³/mol. The highest BCUT2D eigenvalue weighted by molar-refractivity contribution is 6.31. The molecule has 2 heterocycles. The van der Waals surface area contributed by atoms with Crippen molar-refractivity contribution in [3.63, 3.8) is 0 Å². The lowest BCUT2D eigenvalue weighted by Crippen LogP contribution is -2.64. The van der Waals surface area contributed by atoms with Crippen molar-refractivity contribution in [1.82, 2.24) is 14.9 Å². The number of aromatic nitrogens is 2. The number of likely N-dealkylation sites (tertiary alicyclic amines) is 1. The normalized spacial score (nSPS) is 22.6. The molecule has 0 bridgehead atoms. The first-order valence-corrected chi connectivity index (χ1v) is 12.5. The van der Waals surface area contributed by atoms with Crippen LogP contribution >= 0.6 is 11.6 Å². The van der Waals surface area contributed by atoms with Crippen LogP contribution in [0.2, 0.25) is 5.02 Å². The number of rotatable bonds is 8. The second kappa shape index (κ2) is 11.1. The van der Waals surface area contributed by atoms with Crippen molar-refractivity contribution in [3.05, 3.63) is 64.4 Å². The van der Waals surface area contributed by atoms with Crippen LogP contribution in [0.1, 0.15) is 25.8 Å². The van der Waals surface area contributed by atoms with Crippen LogP contribution in [0, 0.1) is 11.7 Å². The van der Waals surface area contributed by atoms with E-state index in [0.29, 0.717) is 40.4 Å². The topological polar surface area (TPSA) is 123 Å². The smallest absolute Gasteiger partial charge is 0.229 e. The summed E-state index contributed by atoms with van der Waals surface area (Å²) in [5.41, 5.74) is 6.69. The molecule has 0 amide bonds. The van der Waals surface area contributed by atoms with Crippen molar-refractivity contribution in [2.24, 2.45) is 11.7 Å². The summed E-state index contributed by atoms with van der Waals surface area (Å²) in [6.45, 7) is 5.03. The molecule has 2 aliphatic rings. The third-order valence-corrected chi connectivity index (χ3v) is 6.82. The lowest BCUT2D eigenvalue weighted by atomic mass is 9.96. The summed E-state index contributed by atoms with van der Waals surface area (Å²) in [6.07, 6.45) is 8.75. The van der Waals surface area contributed by atoms with Crippen LogP contribution < -0.4 is 21.4 Å². The van der Waals surface area contributed by atoms with E-state index in [0.717, 1.165) is 19.5 Å². The standard InChI is InChI=1S/C26H33ClFN7O2/c1-26(2,36)16-9-18(28)17(27)10-20(16)32-24-5-7-31-25(34-24)33-21-11-19(29)22(12-23(21)37-4)35-8-6-15(14-35)13-30-3/h5,7,9-13,15,19,22,36H,6,8,14,29H2,1-4H3,(H2,31,32,33,34)/p+1. The van der Waals surface area contributed by atoms with E-state index in [1.54, 1.807) is 33.2 Å². The largest absolute Gasteiger partial charge is 0.495 e. The zero-order valence-corrected chi connectivity index (χ0v) is 22.2. The van der Waals surface area contributed by atoms with Crippen LogP contribution in [-0.4, -0.2) is 65.5 Å². The fraction of sp³-hybridized carbons (Fsp3) is 0.423. The number of nitrogens with one attached hydrogen (secondary N) is 3. The number of nitrogens with zero attached hydrogens (tertiary/aromatic N) is 3. The lowest BCUT2D eigenvalue weighted by molar-refractivity contribution is -0.416. The van der Waals surface area contributed by atoms with Crippen molar-refractivity contribution in [2.75, 3.05) is 37.9 Å². The summed E-state index contributed by atoms with van der Waals surface area (Å²) in [6, 6.07) is 4.07. The van der Waals surface area contributed by atoms with E-state index in [2.05, 4.69) is 36.7 Å². The maximum absolute atomic E-state index is 14.1. The lowest BCUT2D eigenvalue weighted by Gasteiger charge is -2.33. The molecule has 0 saturated carbocycles. The summed E-state index contributed by atoms with van der Waals surface area (Å²) in [4.78, 5) is 14.3. The van der Waals surface area contributed by atoms with Gasteiger partial charge in [-0.25, -0.2) is 9.37 Å². The first-order valence-electron chi connectivity index (χ1n) is 12.2. The van der Waals surface area contributed by atoms with Gasteiger partial charge in [-0.15, -0.1) is 0 Å². The van der Waals surface area contributed by atoms with Gasteiger partial charge in [0.1, 0.15) is 30.7 Å². The Morgan fingerprint density at radius 3 is 2.81 bits per heavy atom. The molecule has 37 heavy (non-hydrogen) atoms. The van der Waals surface area contributed by atoms with Gasteiger partial charge in [-0.2, -0.15) is 4.98 Å². The molecular weight excluding hydrogens is 497 g/mol. The zero-order chi connectivity index (χ0) is 26.7. The highest BCUT2D eigenvalue weighted by Crippen LogP contribution is 2.34. The molecular formula is C26H34ClFN7O2+. The molecule has 0 radical (unpaired) electrons. The monoisotopic (exact) mass is 530 g/mol. The van der Waals surface area contributed by atoms with E-state index in [-0.39, 0.29) is 17.1 Å². The van der Waals surface area contributed by atoms with Gasteiger partial charge in [0.05, 0.1) is 29.5 Å². The molecule has 1 saturated heterocycles. The highest BCUT2D eigenvalue weighted by Gasteiger charge is 2.33. The van der Waals surface area contributed by atoms with Crippen LogP contribution in [0.15, 0.2) is 48.0 Å². The van der Waals surface area contributed by atoms with Gasteiger partial charge < -0.3 is 26.2 Å². The third-order valence-electron chi connectivity index (χ3n) is 6.53. The molecule has 2 aromatic rings. The molecule has 1 aromatic carbocycles. The average Bonchev–Trinajstić information content (AvgIpc) is 3.29. The fourth-order valence-corrected chi connectivity index (χ4v) is 4.88. The maximum Gasteiger partial charge on any atom is 0.229 e. The van der Waals surface area contributed by atoms with Gasteiger partial charge >= 0.3 is 0 Å². The number of halogens is 2. The van der Waals surface area contributed by atoms with Crippen molar-refractivity contribution >= 4 is 35.3 Å². The Morgan fingerprint density at radius 2 is 2.11 bits per heavy atom. The Hall–Kier alpha value is -3.05. The molecule has 4 rings (SSSR count). The number of nitrogens with two attached hydrogens (primary N) is 1. The van der Waals surface area contributed by atoms with Crippen LogP contribution in [0.3, 0.4) is 0 Å². The van der Waals surface area contributed by atoms with Crippen molar-refractivity contribution < 1.29 is 19.2 Å². The van der Waals surface area contributed by atoms with Gasteiger partial charge in [0.15, 0.2) is 0 Å². The van der Waals surface area contributed by atoms with Gasteiger partial charge in [-0.1, -0.05) is 11.6 Å². The second-order valence-electron chi connectivity index (χ2n) is 9.77. The number of hydrogen-bond donors (Lipinski definition) is 5. The van der Waals surface area contributed by atoms with Crippen LogP contribution in [0.25, 0.3) is 0 Å². The Kier molecular flexibility index (Phi) is 8.13. The number of benzene rings is 1. The van der Waals surface area contributed by atoms with Gasteiger partial charge in [0.25, 0.3) is 0 Å². The average molecular weight is 531 g/mol. The summed E-state index contributed by atoms with van der Waals surface area (Å²) in [5, 5.41) is 16.8. The van der Waals surface area contributed by atoms with Crippen LogP contribution in [0.5, 0.6) is 0 Å². The van der Waals surface area contributed by atoms with Gasteiger partial charge in [0.2, 0.25) is 5.95 Å². The number of anilines is 3. The number of ether oxygens (including phenoxy) is 1. The maximum atomic E-state index is 14.1. The highest BCUT2D eigenvalue weighted by atomic mass is 35.5. The minimum absolute atomic E-state index is 0.0214. The van der Waals surface area contributed by atoms with Crippen molar-refractivity contribution in [3.8, 4) is 0 Å². The molecule has 6 N–H and O–H groups in total.